The molecule has 0 atom stereocenters. The van der Waals surface area contributed by atoms with Crippen molar-refractivity contribution in [3.63, 3.8) is 0 Å². The lowest BCUT2D eigenvalue weighted by Gasteiger charge is -2.32. The van der Waals surface area contributed by atoms with Gasteiger partial charge in [-0.3, -0.25) is 4.98 Å². The number of hydrogen-bond acceptors (Lipinski definition) is 3. The third-order valence-corrected chi connectivity index (χ3v) is 2.58. The van der Waals surface area contributed by atoms with Crippen LogP contribution in [0.15, 0.2) is 34.5 Å². The van der Waals surface area contributed by atoms with Crippen molar-refractivity contribution in [1.29, 1.82) is 0 Å². The minimum absolute atomic E-state index is 0.103. The molecule has 1 saturated carbocycles. The first-order chi connectivity index (χ1) is 6.79. The minimum Gasteiger partial charge on any atom is -0.262 e. The van der Waals surface area contributed by atoms with E-state index in [1.54, 1.807) is 12.4 Å². The summed E-state index contributed by atoms with van der Waals surface area (Å²) in [5.41, 5.74) is 0.908. The van der Waals surface area contributed by atoms with Crippen LogP contribution in [-0.2, 0) is 0 Å². The molecule has 0 N–H and O–H groups in total. The van der Waals surface area contributed by atoms with E-state index in [1.807, 2.05) is 12.1 Å². The summed E-state index contributed by atoms with van der Waals surface area (Å²) in [7, 11) is 0. The van der Waals surface area contributed by atoms with Gasteiger partial charge in [-0.25, -0.2) is 4.99 Å². The van der Waals surface area contributed by atoms with Crippen molar-refractivity contribution in [2.24, 2.45) is 9.98 Å². The summed E-state index contributed by atoms with van der Waals surface area (Å²) in [5.74, 6) is 0. The third kappa shape index (κ3) is 2.06. The van der Waals surface area contributed by atoms with Gasteiger partial charge in [-0.05, 0) is 38.3 Å². The van der Waals surface area contributed by atoms with Crippen LogP contribution in [0.25, 0.3) is 0 Å². The van der Waals surface area contributed by atoms with Crippen LogP contribution < -0.4 is 0 Å². The maximum absolute atomic E-state index is 4.31. The zero-order chi connectivity index (χ0) is 9.86. The summed E-state index contributed by atoms with van der Waals surface area (Å²) in [6, 6.07) is 6.49. The third-order valence-electron chi connectivity index (χ3n) is 2.58. The maximum Gasteiger partial charge on any atom is 0.0955 e. The van der Waals surface area contributed by atoms with Gasteiger partial charge >= 0.3 is 0 Å². The fourth-order valence-electron chi connectivity index (χ4n) is 1.42. The van der Waals surface area contributed by atoms with Crippen LogP contribution in [0.3, 0.4) is 0 Å². The Balaban J connectivity index is 2.07. The summed E-state index contributed by atoms with van der Waals surface area (Å²) in [6.45, 7) is 2.14. The molecule has 1 fully saturated rings. The highest BCUT2D eigenvalue weighted by atomic mass is 14.9. The average molecular weight is 187 g/mol. The molecule has 0 spiro atoms. The zero-order valence-electron chi connectivity index (χ0n) is 8.27. The summed E-state index contributed by atoms with van der Waals surface area (Å²) in [5, 5.41) is 0. The van der Waals surface area contributed by atoms with Crippen LogP contribution in [0.2, 0.25) is 0 Å². The van der Waals surface area contributed by atoms with Crippen molar-refractivity contribution in [3.8, 4) is 0 Å². The zero-order valence-corrected chi connectivity index (χ0v) is 8.27. The summed E-state index contributed by atoms with van der Waals surface area (Å²) in [6.07, 6.45) is 7.01. The molecule has 0 radical (unpaired) electrons. The fraction of sp³-hybridized carbons (Fsp3) is 0.455. The van der Waals surface area contributed by atoms with E-state index in [0.717, 1.165) is 18.5 Å². The van der Waals surface area contributed by atoms with E-state index in [1.165, 1.54) is 6.42 Å². The van der Waals surface area contributed by atoms with E-state index < -0.39 is 0 Å². The number of hydrogen-bond donors (Lipinski definition) is 0. The van der Waals surface area contributed by atoms with E-state index in [-0.39, 0.29) is 5.54 Å². The van der Waals surface area contributed by atoms with Crippen LogP contribution in [0.4, 0.5) is 5.69 Å². The van der Waals surface area contributed by atoms with E-state index in [4.69, 9.17) is 0 Å². The molecule has 1 aromatic heterocycles. The van der Waals surface area contributed by atoms with Gasteiger partial charge in [0.25, 0.3) is 0 Å². The first-order valence-electron chi connectivity index (χ1n) is 4.86. The SMILES string of the molecule is CC1(N=C=Nc2cccnc2)CCC1. The van der Waals surface area contributed by atoms with Gasteiger partial charge < -0.3 is 0 Å². The van der Waals surface area contributed by atoms with Crippen molar-refractivity contribution >= 4 is 11.7 Å². The number of rotatable bonds is 2. The molecule has 14 heavy (non-hydrogen) atoms. The van der Waals surface area contributed by atoms with Crippen LogP contribution in [0.1, 0.15) is 26.2 Å². The Morgan fingerprint density at radius 2 is 2.36 bits per heavy atom. The molecule has 3 heteroatoms. The number of nitrogens with zero attached hydrogens (tertiary/aromatic N) is 3. The van der Waals surface area contributed by atoms with Crippen molar-refractivity contribution in [1.82, 2.24) is 4.98 Å². The molecule has 0 saturated heterocycles. The van der Waals surface area contributed by atoms with Gasteiger partial charge in [-0.15, -0.1) is 0 Å². The second kappa shape index (κ2) is 3.72. The predicted molar refractivity (Wildman–Crippen MR) is 56.0 cm³/mol. The summed E-state index contributed by atoms with van der Waals surface area (Å²) >= 11 is 0. The lowest BCUT2D eigenvalue weighted by molar-refractivity contribution is 0.281. The molecule has 1 aliphatic carbocycles. The van der Waals surface area contributed by atoms with Crippen molar-refractivity contribution in [2.45, 2.75) is 31.7 Å². The largest absolute Gasteiger partial charge is 0.262 e. The highest BCUT2D eigenvalue weighted by Gasteiger charge is 2.30. The number of aromatic nitrogens is 1. The normalized spacial score (nSPS) is 17.8. The van der Waals surface area contributed by atoms with Crippen molar-refractivity contribution in [2.75, 3.05) is 0 Å². The molecule has 0 bridgehead atoms. The Kier molecular flexibility index (Phi) is 2.42. The lowest BCUT2D eigenvalue weighted by Crippen LogP contribution is -2.30. The fourth-order valence-corrected chi connectivity index (χ4v) is 1.42. The van der Waals surface area contributed by atoms with Crippen LogP contribution in [0.5, 0.6) is 0 Å². The quantitative estimate of drug-likeness (QED) is 0.656. The van der Waals surface area contributed by atoms with Gasteiger partial charge in [0.15, 0.2) is 0 Å². The lowest BCUT2D eigenvalue weighted by atomic mass is 9.79. The van der Waals surface area contributed by atoms with E-state index >= 15 is 0 Å². The second-order valence-electron chi connectivity index (χ2n) is 3.89. The number of aliphatic imine (C=N–C) groups is 2. The molecule has 0 amide bonds. The molecule has 1 heterocycles. The maximum atomic E-state index is 4.31. The van der Waals surface area contributed by atoms with Gasteiger partial charge in [-0.1, -0.05) is 0 Å². The minimum atomic E-state index is 0.103. The highest BCUT2D eigenvalue weighted by molar-refractivity contribution is 5.51. The Labute approximate surface area is 83.6 Å². The molecule has 0 unspecified atom stereocenters. The summed E-state index contributed by atoms with van der Waals surface area (Å²) in [4.78, 5) is 12.4. The van der Waals surface area contributed by atoms with Gasteiger partial charge in [0.2, 0.25) is 0 Å². The van der Waals surface area contributed by atoms with Gasteiger partial charge in [0, 0.05) is 6.20 Å². The van der Waals surface area contributed by atoms with Crippen molar-refractivity contribution in [3.05, 3.63) is 24.5 Å². The highest BCUT2D eigenvalue weighted by Crippen LogP contribution is 2.34. The Morgan fingerprint density at radius 3 is 2.93 bits per heavy atom. The molecular weight excluding hydrogens is 174 g/mol. The molecule has 0 aliphatic heterocycles. The predicted octanol–water partition coefficient (Wildman–Crippen LogP) is 2.83. The standard InChI is InChI=1S/C11H13N3/c1-11(5-3-6-11)14-9-13-10-4-2-7-12-8-10/h2,4,7-8H,3,5-6H2,1H3. The monoisotopic (exact) mass is 187 g/mol. The average Bonchev–Trinajstić information content (AvgIpc) is 2.17. The van der Waals surface area contributed by atoms with Gasteiger partial charge in [-0.2, -0.15) is 4.99 Å². The molecule has 1 aliphatic rings. The molecule has 3 nitrogen and oxygen atoms in total. The first kappa shape index (κ1) is 9.10. The summed E-state index contributed by atoms with van der Waals surface area (Å²) < 4.78 is 0. The van der Waals surface area contributed by atoms with Gasteiger partial charge in [0.05, 0.1) is 23.4 Å². The van der Waals surface area contributed by atoms with Crippen LogP contribution in [-0.4, -0.2) is 16.5 Å². The Morgan fingerprint density at radius 1 is 1.50 bits per heavy atom. The smallest absolute Gasteiger partial charge is 0.0955 e. The molecule has 72 valence electrons. The van der Waals surface area contributed by atoms with Crippen molar-refractivity contribution < 1.29 is 0 Å². The van der Waals surface area contributed by atoms with Gasteiger partial charge in [0.1, 0.15) is 0 Å². The van der Waals surface area contributed by atoms with Crippen LogP contribution in [0, 0.1) is 0 Å². The van der Waals surface area contributed by atoms with E-state index in [9.17, 15) is 0 Å². The second-order valence-corrected chi connectivity index (χ2v) is 3.89. The number of pyridine rings is 1. The van der Waals surface area contributed by atoms with E-state index in [0.29, 0.717) is 0 Å². The Hall–Kier alpha value is -1.47. The van der Waals surface area contributed by atoms with Crippen LogP contribution >= 0.6 is 0 Å². The first-order valence-corrected chi connectivity index (χ1v) is 4.86. The molecule has 1 aromatic rings. The van der Waals surface area contributed by atoms with E-state index in [2.05, 4.69) is 27.9 Å². The Bertz CT molecular complexity index is 359. The topological polar surface area (TPSA) is 37.6 Å². The molecule has 0 aromatic carbocycles. The molecular formula is C11H13N3. The molecule has 2 rings (SSSR count).